The monoisotopic (exact) mass is 430 g/mol. The molecule has 25 heavy (non-hydrogen) atoms. The van der Waals surface area contributed by atoms with Crippen molar-refractivity contribution in [3.8, 4) is 5.75 Å². The predicted molar refractivity (Wildman–Crippen MR) is 91.0 cm³/mol. The highest BCUT2D eigenvalue weighted by Gasteiger charge is 2.35. The number of para-hydroxylation sites is 2. The molecule has 1 atom stereocenters. The number of hydrogen-bond donors (Lipinski definition) is 0. The van der Waals surface area contributed by atoms with E-state index in [1.165, 1.54) is 18.2 Å². The van der Waals surface area contributed by atoms with Gasteiger partial charge in [-0.15, -0.1) is 0 Å². The standard InChI is InChI=1S/C15H12BrFN2O5S/c16-11-6-5-10-8-18(9-13(17)12(10)7-11)25(22,23)24-15-4-2-1-3-14(15)19(20)21/h1-7,13H,8-9H2. The number of nitro groups is 1. The van der Waals surface area contributed by atoms with Gasteiger partial charge in [0.15, 0.2) is 0 Å². The van der Waals surface area contributed by atoms with E-state index in [0.717, 1.165) is 10.4 Å². The van der Waals surface area contributed by atoms with E-state index < -0.39 is 39.4 Å². The first-order valence-corrected chi connectivity index (χ1v) is 9.29. The minimum Gasteiger partial charge on any atom is -0.363 e. The van der Waals surface area contributed by atoms with Gasteiger partial charge in [-0.1, -0.05) is 34.1 Å². The van der Waals surface area contributed by atoms with Gasteiger partial charge in [0.2, 0.25) is 5.75 Å². The number of rotatable bonds is 4. The summed E-state index contributed by atoms with van der Waals surface area (Å²) >= 11 is 3.25. The number of benzene rings is 2. The molecule has 0 saturated heterocycles. The fourth-order valence-corrected chi connectivity index (χ4v) is 4.01. The molecule has 0 saturated carbocycles. The van der Waals surface area contributed by atoms with E-state index in [1.54, 1.807) is 18.2 Å². The van der Waals surface area contributed by atoms with Crippen molar-refractivity contribution in [3.63, 3.8) is 0 Å². The van der Waals surface area contributed by atoms with Gasteiger partial charge >= 0.3 is 16.0 Å². The van der Waals surface area contributed by atoms with Gasteiger partial charge in [-0.3, -0.25) is 10.1 Å². The van der Waals surface area contributed by atoms with Crippen molar-refractivity contribution in [1.29, 1.82) is 0 Å². The fraction of sp³-hybridized carbons (Fsp3) is 0.200. The van der Waals surface area contributed by atoms with Crippen LogP contribution in [0.3, 0.4) is 0 Å². The van der Waals surface area contributed by atoms with E-state index >= 15 is 0 Å². The summed E-state index contributed by atoms with van der Waals surface area (Å²) in [5.41, 5.74) is 0.437. The van der Waals surface area contributed by atoms with E-state index in [4.69, 9.17) is 4.18 Å². The lowest BCUT2D eigenvalue weighted by Crippen LogP contribution is -2.39. The highest BCUT2D eigenvalue weighted by atomic mass is 79.9. The summed E-state index contributed by atoms with van der Waals surface area (Å²) in [4.78, 5) is 10.2. The normalized spacial score (nSPS) is 17.8. The second kappa shape index (κ2) is 6.70. The molecule has 0 N–H and O–H groups in total. The highest BCUT2D eigenvalue weighted by molar-refractivity contribution is 9.10. The molecule has 7 nitrogen and oxygen atoms in total. The summed E-state index contributed by atoms with van der Waals surface area (Å²) in [7, 11) is -4.40. The molecule has 1 unspecified atom stereocenters. The smallest absolute Gasteiger partial charge is 0.363 e. The average Bonchev–Trinajstić information content (AvgIpc) is 2.55. The number of hydrogen-bond acceptors (Lipinski definition) is 5. The molecule has 2 aromatic carbocycles. The Kier molecular flexibility index (Phi) is 4.76. The Morgan fingerprint density at radius 1 is 1.28 bits per heavy atom. The first-order chi connectivity index (χ1) is 11.8. The second-order valence-electron chi connectivity index (χ2n) is 5.37. The molecule has 0 fully saturated rings. The SMILES string of the molecule is O=[N+]([O-])c1ccccc1OS(=O)(=O)N1Cc2ccc(Br)cc2C(F)C1. The third-order valence-electron chi connectivity index (χ3n) is 3.73. The highest BCUT2D eigenvalue weighted by Crippen LogP contribution is 2.34. The predicted octanol–water partition coefficient (Wildman–Crippen LogP) is 3.51. The van der Waals surface area contributed by atoms with Gasteiger partial charge < -0.3 is 4.18 Å². The molecule has 0 spiro atoms. The molecule has 0 radical (unpaired) electrons. The van der Waals surface area contributed by atoms with Gasteiger partial charge in [0.05, 0.1) is 11.5 Å². The third kappa shape index (κ3) is 3.65. The summed E-state index contributed by atoms with van der Waals surface area (Å²) in [5.74, 6) is -0.412. The van der Waals surface area contributed by atoms with Gasteiger partial charge in [0.1, 0.15) is 6.17 Å². The lowest BCUT2D eigenvalue weighted by Gasteiger charge is -2.29. The summed E-state index contributed by atoms with van der Waals surface area (Å²) in [6.45, 7) is -0.502. The molecule has 132 valence electrons. The summed E-state index contributed by atoms with van der Waals surface area (Å²) in [6.07, 6.45) is -1.52. The minimum atomic E-state index is -4.40. The lowest BCUT2D eigenvalue weighted by molar-refractivity contribution is -0.385. The summed E-state index contributed by atoms with van der Waals surface area (Å²) < 4.78 is 45.7. The molecule has 1 aliphatic heterocycles. The Morgan fingerprint density at radius 3 is 2.72 bits per heavy atom. The van der Waals surface area contributed by atoms with E-state index in [9.17, 15) is 22.9 Å². The van der Waals surface area contributed by atoms with Crippen molar-refractivity contribution in [2.45, 2.75) is 12.7 Å². The lowest BCUT2D eigenvalue weighted by atomic mass is 10.00. The number of fused-ring (bicyclic) bond motifs is 1. The molecule has 3 rings (SSSR count). The molecular formula is C15H12BrFN2O5S. The van der Waals surface area contributed by atoms with Gasteiger partial charge in [-0.05, 0) is 29.3 Å². The Labute approximate surface area is 151 Å². The van der Waals surface area contributed by atoms with E-state index in [-0.39, 0.29) is 6.54 Å². The molecular weight excluding hydrogens is 419 g/mol. The minimum absolute atomic E-state index is 0.0774. The molecule has 0 aromatic heterocycles. The zero-order valence-corrected chi connectivity index (χ0v) is 15.0. The number of halogens is 2. The van der Waals surface area contributed by atoms with Crippen molar-refractivity contribution < 1.29 is 21.9 Å². The Morgan fingerprint density at radius 2 is 2.00 bits per heavy atom. The molecule has 0 aliphatic carbocycles. The van der Waals surface area contributed by atoms with Crippen LogP contribution in [0.4, 0.5) is 10.1 Å². The maximum absolute atomic E-state index is 14.4. The van der Waals surface area contributed by atoms with Gasteiger partial charge in [-0.2, -0.15) is 12.7 Å². The second-order valence-corrected chi connectivity index (χ2v) is 7.82. The van der Waals surface area contributed by atoms with E-state index in [0.29, 0.717) is 15.6 Å². The van der Waals surface area contributed by atoms with Crippen LogP contribution in [0.2, 0.25) is 0 Å². The van der Waals surface area contributed by atoms with E-state index in [1.807, 2.05) is 0 Å². The largest absolute Gasteiger partial charge is 0.385 e. The van der Waals surface area contributed by atoms with E-state index in [2.05, 4.69) is 15.9 Å². The third-order valence-corrected chi connectivity index (χ3v) is 5.52. The van der Waals surface area contributed by atoms with Crippen LogP contribution in [0, 0.1) is 10.1 Å². The maximum atomic E-state index is 14.4. The Hall–Kier alpha value is -2.04. The zero-order valence-electron chi connectivity index (χ0n) is 12.6. The van der Waals surface area contributed by atoms with Crippen LogP contribution in [0.5, 0.6) is 5.75 Å². The topological polar surface area (TPSA) is 89.7 Å². The number of nitro benzene ring substituents is 1. The van der Waals surface area contributed by atoms with Crippen LogP contribution < -0.4 is 4.18 Å². The van der Waals surface area contributed by atoms with Crippen LogP contribution in [0.15, 0.2) is 46.9 Å². The molecule has 0 bridgehead atoms. The van der Waals surface area contributed by atoms with Crippen LogP contribution in [-0.2, 0) is 16.8 Å². The Bertz CT molecular complexity index is 937. The average molecular weight is 431 g/mol. The summed E-state index contributed by atoms with van der Waals surface area (Å²) in [6, 6.07) is 10.0. The first-order valence-electron chi connectivity index (χ1n) is 7.13. The van der Waals surface area contributed by atoms with Crippen molar-refractivity contribution >= 4 is 31.9 Å². The number of nitrogens with zero attached hydrogens (tertiary/aromatic N) is 2. The van der Waals surface area contributed by atoms with Gasteiger partial charge in [0, 0.05) is 17.1 Å². The molecule has 10 heteroatoms. The van der Waals surface area contributed by atoms with Crippen molar-refractivity contribution in [2.75, 3.05) is 6.54 Å². The van der Waals surface area contributed by atoms with Gasteiger partial charge in [-0.25, -0.2) is 4.39 Å². The molecule has 1 aliphatic rings. The van der Waals surface area contributed by atoms with Crippen LogP contribution in [-0.4, -0.2) is 24.2 Å². The summed E-state index contributed by atoms with van der Waals surface area (Å²) in [5, 5.41) is 11.0. The fourth-order valence-electron chi connectivity index (χ4n) is 2.55. The van der Waals surface area contributed by atoms with Crippen LogP contribution in [0.25, 0.3) is 0 Å². The van der Waals surface area contributed by atoms with Crippen molar-refractivity contribution in [3.05, 3.63) is 68.2 Å². The van der Waals surface area contributed by atoms with Crippen LogP contribution >= 0.6 is 15.9 Å². The molecule has 2 aromatic rings. The van der Waals surface area contributed by atoms with Gasteiger partial charge in [0.25, 0.3) is 0 Å². The maximum Gasteiger partial charge on any atom is 0.385 e. The molecule has 1 heterocycles. The number of alkyl halides is 1. The quantitative estimate of drug-likeness (QED) is 0.546. The molecule has 0 amide bonds. The van der Waals surface area contributed by atoms with Crippen LogP contribution in [0.1, 0.15) is 17.3 Å². The zero-order chi connectivity index (χ0) is 18.2. The first kappa shape index (κ1) is 17.8. The van der Waals surface area contributed by atoms with Crippen molar-refractivity contribution in [2.24, 2.45) is 0 Å². The Balaban J connectivity index is 1.89. The van der Waals surface area contributed by atoms with Crippen molar-refractivity contribution in [1.82, 2.24) is 4.31 Å².